The Morgan fingerprint density at radius 1 is 1.50 bits per heavy atom. The van der Waals surface area contributed by atoms with Gasteiger partial charge in [0, 0.05) is 6.20 Å². The monoisotopic (exact) mass is 299 g/mol. The molecular weight excluding hydrogens is 290 g/mol. The second kappa shape index (κ2) is 4.84. The lowest BCUT2D eigenvalue weighted by molar-refractivity contribution is 0.820. The molecule has 0 aliphatic carbocycles. The number of halogens is 1. The molecule has 0 aliphatic heterocycles. The van der Waals surface area contributed by atoms with Crippen molar-refractivity contribution < 1.29 is 0 Å². The van der Waals surface area contributed by atoms with E-state index in [0.717, 1.165) is 15.2 Å². The summed E-state index contributed by atoms with van der Waals surface area (Å²) < 4.78 is 0.904. The van der Waals surface area contributed by atoms with Crippen LogP contribution in [-0.4, -0.2) is 20.2 Å². The van der Waals surface area contributed by atoms with E-state index in [4.69, 9.17) is 0 Å². The number of nitrogens with zero attached hydrogens (tertiary/aromatic N) is 4. The summed E-state index contributed by atoms with van der Waals surface area (Å²) in [7, 11) is 0. The van der Waals surface area contributed by atoms with E-state index in [2.05, 4.69) is 41.4 Å². The van der Waals surface area contributed by atoms with Gasteiger partial charge in [0.2, 0.25) is 5.95 Å². The zero-order valence-corrected chi connectivity index (χ0v) is 11.2. The van der Waals surface area contributed by atoms with Gasteiger partial charge in [-0.15, -0.1) is 21.5 Å². The molecular formula is C9H10BrN5S. The lowest BCUT2D eigenvalue weighted by Gasteiger charge is -2.10. The molecule has 16 heavy (non-hydrogen) atoms. The van der Waals surface area contributed by atoms with E-state index in [0.29, 0.717) is 5.95 Å². The van der Waals surface area contributed by atoms with Crippen LogP contribution in [0.5, 0.6) is 0 Å². The van der Waals surface area contributed by atoms with Crippen LogP contribution in [-0.2, 0) is 0 Å². The molecule has 5 nitrogen and oxygen atoms in total. The first-order valence-electron chi connectivity index (χ1n) is 4.68. The molecule has 0 fully saturated rings. The van der Waals surface area contributed by atoms with Gasteiger partial charge in [0.05, 0.1) is 16.2 Å². The Bertz CT molecular complexity index is 473. The van der Waals surface area contributed by atoms with Crippen LogP contribution in [0.3, 0.4) is 0 Å². The van der Waals surface area contributed by atoms with Crippen LogP contribution < -0.4 is 5.32 Å². The van der Waals surface area contributed by atoms with Crippen molar-refractivity contribution in [3.8, 4) is 0 Å². The standard InChI is InChI=1S/C9H10BrN5S/c1-5-7(10)3-11-9(13-5)14-6(2)8-15-12-4-16-8/h3-4,6H,1-2H3,(H,11,13,14). The van der Waals surface area contributed by atoms with Gasteiger partial charge in [-0.3, -0.25) is 0 Å². The maximum atomic E-state index is 4.31. The van der Waals surface area contributed by atoms with Crippen LogP contribution >= 0.6 is 27.3 Å². The normalized spacial score (nSPS) is 12.4. The van der Waals surface area contributed by atoms with E-state index in [9.17, 15) is 0 Å². The van der Waals surface area contributed by atoms with Gasteiger partial charge in [0.25, 0.3) is 0 Å². The Morgan fingerprint density at radius 3 is 2.94 bits per heavy atom. The Kier molecular flexibility index (Phi) is 3.45. The van der Waals surface area contributed by atoms with Crippen molar-refractivity contribution in [2.75, 3.05) is 5.32 Å². The summed E-state index contributed by atoms with van der Waals surface area (Å²) in [6.07, 6.45) is 1.73. The molecule has 0 amide bonds. The van der Waals surface area contributed by atoms with Crippen molar-refractivity contribution in [2.45, 2.75) is 19.9 Å². The Labute approximate surface area is 105 Å². The molecule has 0 bridgehead atoms. The topological polar surface area (TPSA) is 63.6 Å². The van der Waals surface area contributed by atoms with Crippen molar-refractivity contribution in [1.82, 2.24) is 20.2 Å². The molecule has 0 spiro atoms. The summed E-state index contributed by atoms with van der Waals surface area (Å²) in [5.41, 5.74) is 2.61. The van der Waals surface area contributed by atoms with E-state index >= 15 is 0 Å². The summed E-state index contributed by atoms with van der Waals surface area (Å²) in [4.78, 5) is 8.49. The fourth-order valence-electron chi connectivity index (χ4n) is 1.15. The van der Waals surface area contributed by atoms with Gasteiger partial charge >= 0.3 is 0 Å². The average molecular weight is 300 g/mol. The third-order valence-corrected chi connectivity index (χ3v) is 3.67. The molecule has 2 aromatic heterocycles. The fourth-order valence-corrected chi connectivity index (χ4v) is 1.90. The van der Waals surface area contributed by atoms with E-state index in [-0.39, 0.29) is 6.04 Å². The molecule has 0 radical (unpaired) electrons. The molecule has 0 aliphatic rings. The highest BCUT2D eigenvalue weighted by Gasteiger charge is 2.10. The third kappa shape index (κ3) is 2.53. The molecule has 1 unspecified atom stereocenters. The second-order valence-electron chi connectivity index (χ2n) is 3.27. The summed E-state index contributed by atoms with van der Waals surface area (Å²) in [6.45, 7) is 3.92. The second-order valence-corrected chi connectivity index (χ2v) is 4.99. The maximum Gasteiger partial charge on any atom is 0.223 e. The zero-order chi connectivity index (χ0) is 11.5. The number of nitrogens with one attached hydrogen (secondary N) is 1. The minimum atomic E-state index is 0.0630. The lowest BCUT2D eigenvalue weighted by atomic mass is 10.3. The molecule has 1 N–H and O–H groups in total. The van der Waals surface area contributed by atoms with Crippen LogP contribution in [0, 0.1) is 6.92 Å². The van der Waals surface area contributed by atoms with Gasteiger partial charge < -0.3 is 5.32 Å². The first-order chi connectivity index (χ1) is 7.66. The van der Waals surface area contributed by atoms with Gasteiger partial charge in [0.15, 0.2) is 0 Å². The first kappa shape index (κ1) is 11.4. The molecule has 1 atom stereocenters. The summed E-state index contributed by atoms with van der Waals surface area (Å²) in [5.74, 6) is 0.600. The summed E-state index contributed by atoms with van der Waals surface area (Å²) in [5, 5.41) is 11.9. The number of hydrogen-bond acceptors (Lipinski definition) is 6. The minimum Gasteiger partial charge on any atom is -0.345 e. The van der Waals surface area contributed by atoms with Crippen LogP contribution in [0.25, 0.3) is 0 Å². The predicted molar refractivity (Wildman–Crippen MR) is 66.4 cm³/mol. The predicted octanol–water partition coefficient (Wildman–Crippen LogP) is 2.57. The molecule has 2 heterocycles. The zero-order valence-electron chi connectivity index (χ0n) is 8.81. The van der Waals surface area contributed by atoms with Crippen molar-refractivity contribution in [2.24, 2.45) is 0 Å². The number of hydrogen-bond donors (Lipinski definition) is 1. The minimum absolute atomic E-state index is 0.0630. The van der Waals surface area contributed by atoms with Crippen molar-refractivity contribution >= 4 is 33.2 Å². The highest BCUT2D eigenvalue weighted by Crippen LogP contribution is 2.19. The maximum absolute atomic E-state index is 4.31. The SMILES string of the molecule is Cc1nc(NC(C)c2nncs2)ncc1Br. The van der Waals surface area contributed by atoms with Gasteiger partial charge in [-0.25, -0.2) is 9.97 Å². The highest BCUT2D eigenvalue weighted by atomic mass is 79.9. The Morgan fingerprint density at radius 2 is 2.31 bits per heavy atom. The van der Waals surface area contributed by atoms with E-state index in [1.807, 2.05) is 13.8 Å². The average Bonchev–Trinajstić information content (AvgIpc) is 2.77. The highest BCUT2D eigenvalue weighted by molar-refractivity contribution is 9.10. The number of rotatable bonds is 3. The van der Waals surface area contributed by atoms with Crippen molar-refractivity contribution in [3.63, 3.8) is 0 Å². The molecule has 0 aromatic carbocycles. The van der Waals surface area contributed by atoms with Crippen LogP contribution in [0.4, 0.5) is 5.95 Å². The fraction of sp³-hybridized carbons (Fsp3) is 0.333. The van der Waals surface area contributed by atoms with Crippen molar-refractivity contribution in [1.29, 1.82) is 0 Å². The quantitative estimate of drug-likeness (QED) is 0.944. The van der Waals surface area contributed by atoms with Gasteiger partial charge in [-0.05, 0) is 29.8 Å². The van der Waals surface area contributed by atoms with Crippen molar-refractivity contribution in [3.05, 3.63) is 26.9 Å². The van der Waals surface area contributed by atoms with E-state index in [1.165, 1.54) is 11.3 Å². The molecule has 2 rings (SSSR count). The molecule has 84 valence electrons. The Hall–Kier alpha value is -1.08. The molecule has 0 saturated heterocycles. The largest absolute Gasteiger partial charge is 0.345 e. The van der Waals surface area contributed by atoms with Gasteiger partial charge in [-0.2, -0.15) is 0 Å². The number of aryl methyl sites for hydroxylation is 1. The smallest absolute Gasteiger partial charge is 0.223 e. The van der Waals surface area contributed by atoms with E-state index in [1.54, 1.807) is 11.7 Å². The first-order valence-corrected chi connectivity index (χ1v) is 6.36. The third-order valence-electron chi connectivity index (χ3n) is 2.01. The molecule has 0 saturated carbocycles. The summed E-state index contributed by atoms with van der Waals surface area (Å²) >= 11 is 4.87. The molecule has 2 aromatic rings. The van der Waals surface area contributed by atoms with Gasteiger partial charge in [0.1, 0.15) is 10.5 Å². The van der Waals surface area contributed by atoms with Crippen LogP contribution in [0.1, 0.15) is 23.7 Å². The molecule has 7 heteroatoms. The Balaban J connectivity index is 2.12. The summed E-state index contributed by atoms with van der Waals surface area (Å²) in [6, 6.07) is 0.0630. The van der Waals surface area contributed by atoms with Crippen LogP contribution in [0.2, 0.25) is 0 Å². The number of aromatic nitrogens is 4. The van der Waals surface area contributed by atoms with E-state index < -0.39 is 0 Å². The number of anilines is 1. The lowest BCUT2D eigenvalue weighted by Crippen LogP contribution is -2.09. The van der Waals surface area contributed by atoms with Crippen LogP contribution in [0.15, 0.2) is 16.2 Å². The van der Waals surface area contributed by atoms with Gasteiger partial charge in [-0.1, -0.05) is 0 Å².